The number of carbonyl (C=O) groups is 1. The van der Waals surface area contributed by atoms with E-state index in [4.69, 9.17) is 4.74 Å². The fraction of sp³-hybridized carbons (Fsp3) is 0.545. The second kappa shape index (κ2) is 5.95. The maximum atomic E-state index is 11.9. The molecule has 6 heteroatoms. The summed E-state index contributed by atoms with van der Waals surface area (Å²) in [6.07, 6.45) is 0.901. The molecule has 2 atom stereocenters. The largest absolute Gasteiger partial charge is 0.380 e. The minimum atomic E-state index is -0.122. The first-order valence-electron chi connectivity index (χ1n) is 5.47. The molecule has 2 rings (SSSR count). The second-order valence-corrected chi connectivity index (χ2v) is 6.53. The monoisotopic (exact) mass is 318 g/mol. The van der Waals surface area contributed by atoms with Crippen molar-refractivity contribution in [3.8, 4) is 0 Å². The number of hydrogen-bond donors (Lipinski definition) is 2. The number of carbonyl (C=O) groups excluding carboxylic acids is 1. The number of thiophene rings is 1. The van der Waals surface area contributed by atoms with E-state index in [1.807, 2.05) is 12.1 Å². The molecule has 4 nitrogen and oxygen atoms in total. The highest BCUT2D eigenvalue weighted by Crippen LogP contribution is 2.21. The Kier molecular flexibility index (Phi) is 4.55. The van der Waals surface area contributed by atoms with Crippen LogP contribution in [0.15, 0.2) is 15.9 Å². The van der Waals surface area contributed by atoms with Gasteiger partial charge in [0.15, 0.2) is 0 Å². The molecule has 1 aromatic rings. The van der Waals surface area contributed by atoms with E-state index in [0.29, 0.717) is 6.54 Å². The molecule has 0 radical (unpaired) electrons. The minimum Gasteiger partial charge on any atom is -0.380 e. The average molecular weight is 319 g/mol. The summed E-state index contributed by atoms with van der Waals surface area (Å²) in [6, 6.07) is 3.87. The Bertz CT molecular complexity index is 397. The molecule has 0 aromatic carbocycles. The first-order chi connectivity index (χ1) is 8.19. The molecule has 1 aliphatic rings. The van der Waals surface area contributed by atoms with Crippen LogP contribution in [0.4, 0.5) is 0 Å². The van der Waals surface area contributed by atoms with Crippen LogP contribution >= 0.6 is 27.3 Å². The van der Waals surface area contributed by atoms with E-state index in [2.05, 4.69) is 26.6 Å². The molecule has 0 aliphatic carbocycles. The molecule has 94 valence electrons. The van der Waals surface area contributed by atoms with Crippen LogP contribution in [0.5, 0.6) is 0 Å². The second-order valence-electron chi connectivity index (χ2n) is 3.98. The predicted octanol–water partition coefficient (Wildman–Crippen LogP) is 1.50. The maximum Gasteiger partial charge on any atom is 0.237 e. The summed E-state index contributed by atoms with van der Waals surface area (Å²) >= 11 is 5.03. The molecular formula is C11H15BrN2O2S. The summed E-state index contributed by atoms with van der Waals surface area (Å²) in [6.45, 7) is 1.34. The molecular weight excluding hydrogens is 304 g/mol. The van der Waals surface area contributed by atoms with Gasteiger partial charge in [0.2, 0.25) is 5.91 Å². The number of methoxy groups -OCH3 is 1. The number of hydrogen-bond acceptors (Lipinski definition) is 4. The van der Waals surface area contributed by atoms with Crippen LogP contribution in [0, 0.1) is 0 Å². The lowest BCUT2D eigenvalue weighted by Gasteiger charge is -2.10. The van der Waals surface area contributed by atoms with Crippen LogP contribution < -0.4 is 10.6 Å². The van der Waals surface area contributed by atoms with Gasteiger partial charge < -0.3 is 15.4 Å². The number of halogens is 1. The first kappa shape index (κ1) is 13.0. The van der Waals surface area contributed by atoms with Crippen molar-refractivity contribution >= 4 is 33.2 Å². The zero-order valence-electron chi connectivity index (χ0n) is 9.53. The molecule has 1 saturated heterocycles. The van der Waals surface area contributed by atoms with Crippen molar-refractivity contribution in [2.75, 3.05) is 13.7 Å². The molecule has 0 saturated carbocycles. The third-order valence-corrected chi connectivity index (χ3v) is 4.43. The van der Waals surface area contributed by atoms with E-state index in [1.165, 1.54) is 0 Å². The van der Waals surface area contributed by atoms with E-state index in [-0.39, 0.29) is 18.1 Å². The lowest BCUT2D eigenvalue weighted by atomic mass is 10.2. The molecule has 2 unspecified atom stereocenters. The van der Waals surface area contributed by atoms with Crippen LogP contribution in [0.3, 0.4) is 0 Å². The summed E-state index contributed by atoms with van der Waals surface area (Å²) in [5.41, 5.74) is 0. The smallest absolute Gasteiger partial charge is 0.237 e. The molecule has 1 aromatic heterocycles. The number of nitrogens with one attached hydrogen (secondary N) is 2. The molecule has 0 bridgehead atoms. The van der Waals surface area contributed by atoms with Crippen molar-refractivity contribution in [1.29, 1.82) is 0 Å². The van der Waals surface area contributed by atoms with Gasteiger partial charge in [-0.05, 0) is 34.5 Å². The first-order valence-corrected chi connectivity index (χ1v) is 7.08. The third kappa shape index (κ3) is 3.51. The van der Waals surface area contributed by atoms with Crippen molar-refractivity contribution in [3.63, 3.8) is 0 Å². The van der Waals surface area contributed by atoms with Gasteiger partial charge in [0.1, 0.15) is 0 Å². The van der Waals surface area contributed by atoms with E-state index in [0.717, 1.165) is 21.6 Å². The highest BCUT2D eigenvalue weighted by molar-refractivity contribution is 9.11. The maximum absolute atomic E-state index is 11.9. The van der Waals surface area contributed by atoms with E-state index in [9.17, 15) is 4.79 Å². The lowest BCUT2D eigenvalue weighted by Crippen LogP contribution is -2.39. The van der Waals surface area contributed by atoms with Gasteiger partial charge in [0.25, 0.3) is 0 Å². The van der Waals surface area contributed by atoms with Crippen molar-refractivity contribution in [2.24, 2.45) is 0 Å². The average Bonchev–Trinajstić information content (AvgIpc) is 2.94. The SMILES string of the molecule is COC1CNC(C(=O)NCc2ccc(Br)s2)C1. The molecule has 2 N–H and O–H groups in total. The van der Waals surface area contributed by atoms with Gasteiger partial charge in [-0.3, -0.25) is 4.79 Å². The van der Waals surface area contributed by atoms with Crippen molar-refractivity contribution < 1.29 is 9.53 Å². The zero-order valence-corrected chi connectivity index (χ0v) is 11.9. The van der Waals surface area contributed by atoms with Gasteiger partial charge in [0, 0.05) is 18.5 Å². The van der Waals surface area contributed by atoms with Crippen LogP contribution in [0.25, 0.3) is 0 Å². The topological polar surface area (TPSA) is 50.4 Å². The highest BCUT2D eigenvalue weighted by Gasteiger charge is 2.28. The standard InChI is InChI=1S/C11H15BrN2O2S/c1-16-7-4-9(13-5-7)11(15)14-6-8-2-3-10(12)17-8/h2-3,7,9,13H,4-6H2,1H3,(H,14,15). The zero-order chi connectivity index (χ0) is 12.3. The number of ether oxygens (including phenoxy) is 1. The van der Waals surface area contributed by atoms with Gasteiger partial charge in [0.05, 0.1) is 22.5 Å². The van der Waals surface area contributed by atoms with Gasteiger partial charge in [-0.25, -0.2) is 0 Å². The number of rotatable bonds is 4. The van der Waals surface area contributed by atoms with E-state index < -0.39 is 0 Å². The van der Waals surface area contributed by atoms with Gasteiger partial charge in [-0.2, -0.15) is 0 Å². The summed E-state index contributed by atoms with van der Waals surface area (Å²) in [5, 5.41) is 6.09. The summed E-state index contributed by atoms with van der Waals surface area (Å²) < 4.78 is 6.29. The van der Waals surface area contributed by atoms with Crippen LogP contribution in [0.1, 0.15) is 11.3 Å². The minimum absolute atomic E-state index is 0.0501. The Balaban J connectivity index is 1.78. The molecule has 1 fully saturated rings. The van der Waals surface area contributed by atoms with E-state index in [1.54, 1.807) is 18.4 Å². The fourth-order valence-electron chi connectivity index (χ4n) is 1.83. The van der Waals surface area contributed by atoms with Gasteiger partial charge in [-0.15, -0.1) is 11.3 Å². The summed E-state index contributed by atoms with van der Waals surface area (Å²) in [4.78, 5) is 13.0. The van der Waals surface area contributed by atoms with Gasteiger partial charge >= 0.3 is 0 Å². The summed E-state index contributed by atoms with van der Waals surface area (Å²) in [7, 11) is 1.68. The van der Waals surface area contributed by atoms with Crippen LogP contribution in [0.2, 0.25) is 0 Å². The Morgan fingerprint density at radius 3 is 3.12 bits per heavy atom. The Morgan fingerprint density at radius 2 is 2.53 bits per heavy atom. The highest BCUT2D eigenvalue weighted by atomic mass is 79.9. The Labute approximate surface area is 113 Å². The normalized spacial score (nSPS) is 23.9. The summed E-state index contributed by atoms with van der Waals surface area (Å²) in [5.74, 6) is 0.0501. The molecule has 0 spiro atoms. The fourth-order valence-corrected chi connectivity index (χ4v) is 3.25. The predicted molar refractivity (Wildman–Crippen MR) is 71.1 cm³/mol. The molecule has 17 heavy (non-hydrogen) atoms. The Morgan fingerprint density at radius 1 is 1.71 bits per heavy atom. The van der Waals surface area contributed by atoms with Crippen LogP contribution in [-0.2, 0) is 16.1 Å². The molecule has 1 aliphatic heterocycles. The van der Waals surface area contributed by atoms with Crippen molar-refractivity contribution in [2.45, 2.75) is 25.1 Å². The molecule has 1 amide bonds. The number of amides is 1. The van der Waals surface area contributed by atoms with E-state index >= 15 is 0 Å². The quantitative estimate of drug-likeness (QED) is 0.884. The third-order valence-electron chi connectivity index (χ3n) is 2.81. The van der Waals surface area contributed by atoms with Gasteiger partial charge in [-0.1, -0.05) is 0 Å². The molecule has 2 heterocycles. The lowest BCUT2D eigenvalue weighted by molar-refractivity contribution is -0.123. The Hall–Kier alpha value is -0.430. The van der Waals surface area contributed by atoms with Crippen LogP contribution in [-0.4, -0.2) is 31.7 Å². The van der Waals surface area contributed by atoms with Crippen molar-refractivity contribution in [3.05, 3.63) is 20.8 Å². The van der Waals surface area contributed by atoms with Crippen molar-refractivity contribution in [1.82, 2.24) is 10.6 Å².